The van der Waals surface area contributed by atoms with Gasteiger partial charge in [0.05, 0.1) is 22.6 Å². The van der Waals surface area contributed by atoms with Crippen LogP contribution in [-0.2, 0) is 12.8 Å². The molecule has 4 N–H and O–H groups in total. The molecule has 0 bridgehead atoms. The number of hydrogen-bond donors (Lipinski definition) is 4. The van der Waals surface area contributed by atoms with Crippen LogP contribution in [-0.4, -0.2) is 32.4 Å². The number of carbonyl (C=O) groups is 2. The average Bonchev–Trinajstić information content (AvgIpc) is 2.44. The van der Waals surface area contributed by atoms with Gasteiger partial charge in [-0.2, -0.15) is 0 Å². The number of allylic oxidation sites excluding steroid dienone is 2. The van der Waals surface area contributed by atoms with Gasteiger partial charge in [-0.25, -0.2) is 9.59 Å². The Hall–Kier alpha value is -3.28. The van der Waals surface area contributed by atoms with Gasteiger partial charge in [0.1, 0.15) is 0 Å². The van der Waals surface area contributed by atoms with Crippen LogP contribution < -0.4 is 0 Å². The molecule has 0 aliphatic heterocycles. The zero-order chi connectivity index (χ0) is 18.0. The molecule has 124 valence electrons. The Bertz CT molecular complexity index is 879. The Balaban J connectivity index is 2.88. The third kappa shape index (κ3) is 3.38. The molecule has 0 unspecified atom stereocenters. The van der Waals surface area contributed by atoms with Crippen LogP contribution in [0.25, 0.3) is 10.8 Å². The fourth-order valence-corrected chi connectivity index (χ4v) is 2.69. The summed E-state index contributed by atoms with van der Waals surface area (Å²) in [7, 11) is 0. The Morgan fingerprint density at radius 3 is 2.00 bits per heavy atom. The molecule has 2 aromatic carbocycles. The third-order valence-corrected chi connectivity index (χ3v) is 3.57. The number of aliphatic hydroxyl groups is 2. The summed E-state index contributed by atoms with van der Waals surface area (Å²) in [6.07, 6.45) is -0.198. The summed E-state index contributed by atoms with van der Waals surface area (Å²) >= 11 is 0. The molecule has 0 aliphatic carbocycles. The lowest BCUT2D eigenvalue weighted by atomic mass is 9.89. The molecule has 24 heavy (non-hydrogen) atoms. The van der Waals surface area contributed by atoms with Crippen molar-refractivity contribution in [1.82, 2.24) is 0 Å². The van der Waals surface area contributed by atoms with Gasteiger partial charge in [0.2, 0.25) is 0 Å². The van der Waals surface area contributed by atoms with Gasteiger partial charge in [0, 0.05) is 12.8 Å². The SMILES string of the molecule is C=C(O)Cc1cc2cc(C(=O)O)ccc2c(CC(=C)O)c1C(=O)O. The summed E-state index contributed by atoms with van der Waals surface area (Å²) in [5, 5.41) is 38.7. The Kier molecular flexibility index (Phi) is 4.59. The molecule has 0 spiro atoms. The normalized spacial score (nSPS) is 10.5. The molecule has 0 saturated heterocycles. The van der Waals surface area contributed by atoms with Crippen LogP contribution in [0.4, 0.5) is 0 Å². The minimum absolute atomic E-state index is 0.0492. The first-order chi connectivity index (χ1) is 11.2. The van der Waals surface area contributed by atoms with Gasteiger partial charge in [-0.15, -0.1) is 0 Å². The monoisotopic (exact) mass is 328 g/mol. The summed E-state index contributed by atoms with van der Waals surface area (Å²) in [5.41, 5.74) is 0.575. The molecule has 0 amide bonds. The molecule has 0 fully saturated rings. The van der Waals surface area contributed by atoms with E-state index < -0.39 is 11.9 Å². The van der Waals surface area contributed by atoms with E-state index in [9.17, 15) is 24.9 Å². The second-order valence-electron chi connectivity index (χ2n) is 5.42. The van der Waals surface area contributed by atoms with E-state index in [1.165, 1.54) is 24.3 Å². The van der Waals surface area contributed by atoms with Crippen molar-refractivity contribution in [3.63, 3.8) is 0 Å². The molecule has 0 saturated carbocycles. The molecule has 2 aromatic rings. The molecule has 6 heteroatoms. The topological polar surface area (TPSA) is 115 Å². The number of carboxylic acid groups (broad SMARTS) is 2. The first-order valence-corrected chi connectivity index (χ1v) is 6.99. The lowest BCUT2D eigenvalue weighted by molar-refractivity contribution is 0.0684. The number of aromatic carboxylic acids is 2. The number of fused-ring (bicyclic) bond motifs is 1. The Morgan fingerprint density at radius 1 is 0.875 bits per heavy atom. The lowest BCUT2D eigenvalue weighted by Crippen LogP contribution is -2.10. The maximum absolute atomic E-state index is 11.7. The van der Waals surface area contributed by atoms with Crippen LogP contribution in [0.5, 0.6) is 0 Å². The first-order valence-electron chi connectivity index (χ1n) is 6.99. The van der Waals surface area contributed by atoms with Crippen molar-refractivity contribution in [2.75, 3.05) is 0 Å². The number of carboxylic acids is 2. The fourth-order valence-electron chi connectivity index (χ4n) is 2.69. The van der Waals surface area contributed by atoms with E-state index in [2.05, 4.69) is 13.2 Å². The van der Waals surface area contributed by atoms with E-state index in [-0.39, 0.29) is 41.1 Å². The molecule has 0 aromatic heterocycles. The van der Waals surface area contributed by atoms with Crippen LogP contribution in [0.2, 0.25) is 0 Å². The first kappa shape index (κ1) is 17.1. The van der Waals surface area contributed by atoms with Crippen molar-refractivity contribution in [3.05, 3.63) is 71.2 Å². The summed E-state index contributed by atoms with van der Waals surface area (Å²) < 4.78 is 0. The van der Waals surface area contributed by atoms with Crippen LogP contribution in [0.1, 0.15) is 31.8 Å². The van der Waals surface area contributed by atoms with Gasteiger partial charge in [0.15, 0.2) is 0 Å². The second kappa shape index (κ2) is 6.45. The molecule has 0 heterocycles. The predicted molar refractivity (Wildman–Crippen MR) is 88.8 cm³/mol. The number of hydrogen-bond acceptors (Lipinski definition) is 4. The summed E-state index contributed by atoms with van der Waals surface area (Å²) in [4.78, 5) is 22.9. The Morgan fingerprint density at radius 2 is 1.50 bits per heavy atom. The fraction of sp³-hybridized carbons (Fsp3) is 0.111. The van der Waals surface area contributed by atoms with Crippen LogP contribution in [0.3, 0.4) is 0 Å². The van der Waals surface area contributed by atoms with Crippen molar-refractivity contribution in [1.29, 1.82) is 0 Å². The molecule has 6 nitrogen and oxygen atoms in total. The van der Waals surface area contributed by atoms with Gasteiger partial charge < -0.3 is 20.4 Å². The summed E-state index contributed by atoms with van der Waals surface area (Å²) in [5.74, 6) is -2.77. The molecule has 0 aliphatic rings. The van der Waals surface area contributed by atoms with Gasteiger partial charge in [-0.3, -0.25) is 0 Å². The molecule has 2 rings (SSSR count). The maximum Gasteiger partial charge on any atom is 0.336 e. The highest BCUT2D eigenvalue weighted by atomic mass is 16.4. The molecule has 0 atom stereocenters. The van der Waals surface area contributed by atoms with Crippen LogP contribution in [0, 0.1) is 0 Å². The van der Waals surface area contributed by atoms with Crippen molar-refractivity contribution >= 4 is 22.7 Å². The standard InChI is InChI=1S/C18H16O6/c1-9(19)5-13-8-12-7-11(17(21)22)3-4-14(12)15(6-10(2)20)16(13)18(23)24/h3-4,7-8,19-20H,1-2,5-6H2,(H,21,22)(H,23,24). The summed E-state index contributed by atoms with van der Waals surface area (Å²) in [6.45, 7) is 6.76. The number of aliphatic hydroxyl groups excluding tert-OH is 2. The quantitative estimate of drug-likeness (QED) is 0.604. The number of benzene rings is 2. The molecular weight excluding hydrogens is 312 g/mol. The van der Waals surface area contributed by atoms with E-state index in [0.29, 0.717) is 16.3 Å². The van der Waals surface area contributed by atoms with Crippen molar-refractivity contribution in [2.24, 2.45) is 0 Å². The van der Waals surface area contributed by atoms with E-state index in [4.69, 9.17) is 5.11 Å². The minimum atomic E-state index is -1.22. The van der Waals surface area contributed by atoms with Crippen molar-refractivity contribution < 1.29 is 30.0 Å². The van der Waals surface area contributed by atoms with Crippen LogP contribution in [0.15, 0.2) is 48.9 Å². The van der Waals surface area contributed by atoms with Gasteiger partial charge in [-0.05, 0) is 40.1 Å². The minimum Gasteiger partial charge on any atom is -0.513 e. The highest BCUT2D eigenvalue weighted by Crippen LogP contribution is 2.30. The van der Waals surface area contributed by atoms with E-state index in [1.807, 2.05) is 0 Å². The van der Waals surface area contributed by atoms with E-state index >= 15 is 0 Å². The van der Waals surface area contributed by atoms with Crippen LogP contribution >= 0.6 is 0 Å². The second-order valence-corrected chi connectivity index (χ2v) is 5.42. The highest BCUT2D eigenvalue weighted by molar-refractivity contribution is 6.02. The van der Waals surface area contributed by atoms with Gasteiger partial charge >= 0.3 is 11.9 Å². The highest BCUT2D eigenvalue weighted by Gasteiger charge is 2.20. The van der Waals surface area contributed by atoms with E-state index in [1.54, 1.807) is 0 Å². The largest absolute Gasteiger partial charge is 0.513 e. The Labute approximate surface area is 137 Å². The molecule has 0 radical (unpaired) electrons. The van der Waals surface area contributed by atoms with Crippen molar-refractivity contribution in [2.45, 2.75) is 12.8 Å². The zero-order valence-corrected chi connectivity index (χ0v) is 12.7. The van der Waals surface area contributed by atoms with Crippen molar-refractivity contribution in [3.8, 4) is 0 Å². The molecular formula is C18H16O6. The summed E-state index contributed by atoms with van der Waals surface area (Å²) in [6, 6.07) is 5.79. The third-order valence-electron chi connectivity index (χ3n) is 3.57. The van der Waals surface area contributed by atoms with Gasteiger partial charge in [0.25, 0.3) is 0 Å². The predicted octanol–water partition coefficient (Wildman–Crippen LogP) is 3.46. The number of rotatable bonds is 6. The lowest BCUT2D eigenvalue weighted by Gasteiger charge is -2.15. The smallest absolute Gasteiger partial charge is 0.336 e. The zero-order valence-electron chi connectivity index (χ0n) is 12.7. The maximum atomic E-state index is 11.7. The average molecular weight is 328 g/mol. The van der Waals surface area contributed by atoms with E-state index in [0.717, 1.165) is 0 Å². The van der Waals surface area contributed by atoms with Gasteiger partial charge in [-0.1, -0.05) is 19.2 Å².